The van der Waals surface area contributed by atoms with Crippen LogP contribution < -0.4 is 0 Å². The Morgan fingerprint density at radius 2 is 1.92 bits per heavy atom. The number of hydrogen-bond acceptors (Lipinski definition) is 10. The standard InChI is InChI=1S/C14H16N2O7S2/c1-8-5-10(25(18,19)21-4)6-9-7-11(24-23-22-20-3)13(16-15-2)14(17)12(8)9/h5-7,17H,1-4H3. The van der Waals surface area contributed by atoms with Gasteiger partial charge in [-0.05, 0) is 36.1 Å². The second-order valence-corrected chi connectivity index (χ2v) is 7.17. The van der Waals surface area contributed by atoms with Crippen molar-refractivity contribution in [1.29, 1.82) is 0 Å². The van der Waals surface area contributed by atoms with Crippen LogP contribution in [0.1, 0.15) is 5.56 Å². The molecule has 25 heavy (non-hydrogen) atoms. The fourth-order valence-corrected chi connectivity index (χ4v) is 3.57. The predicted molar refractivity (Wildman–Crippen MR) is 90.0 cm³/mol. The topological polar surface area (TPSA) is 116 Å². The average molecular weight is 388 g/mol. The lowest BCUT2D eigenvalue weighted by Crippen LogP contribution is -2.03. The molecule has 0 heterocycles. The number of aromatic hydroxyl groups is 1. The molecule has 0 amide bonds. The molecule has 2 aromatic carbocycles. The van der Waals surface area contributed by atoms with Crippen LogP contribution in [0.15, 0.2) is 38.2 Å². The van der Waals surface area contributed by atoms with Crippen molar-refractivity contribution < 1.29 is 32.0 Å². The lowest BCUT2D eigenvalue weighted by Gasteiger charge is -2.12. The van der Waals surface area contributed by atoms with Gasteiger partial charge in [0.25, 0.3) is 10.1 Å². The summed E-state index contributed by atoms with van der Waals surface area (Å²) in [4.78, 5) is 4.64. The van der Waals surface area contributed by atoms with E-state index in [9.17, 15) is 13.5 Å². The lowest BCUT2D eigenvalue weighted by atomic mass is 10.0. The van der Waals surface area contributed by atoms with E-state index in [4.69, 9.17) is 4.33 Å². The first kappa shape index (κ1) is 19.6. The molecule has 2 aromatic rings. The van der Waals surface area contributed by atoms with Crippen molar-refractivity contribution in [2.75, 3.05) is 21.3 Å². The Morgan fingerprint density at radius 1 is 1.20 bits per heavy atom. The predicted octanol–water partition coefficient (Wildman–Crippen LogP) is 3.42. The van der Waals surface area contributed by atoms with Crippen LogP contribution in [-0.2, 0) is 28.6 Å². The number of nitrogens with zero attached hydrogens (tertiary/aromatic N) is 2. The molecule has 0 saturated carbocycles. The highest BCUT2D eigenvalue weighted by Crippen LogP contribution is 2.45. The zero-order valence-corrected chi connectivity index (χ0v) is 15.5. The fourth-order valence-electron chi connectivity index (χ4n) is 2.24. The molecule has 0 atom stereocenters. The summed E-state index contributed by atoms with van der Waals surface area (Å²) in [5.74, 6) is -0.162. The van der Waals surface area contributed by atoms with E-state index in [1.165, 1.54) is 26.3 Å². The van der Waals surface area contributed by atoms with E-state index in [1.807, 2.05) is 0 Å². The molecule has 136 valence electrons. The van der Waals surface area contributed by atoms with Gasteiger partial charge in [0.2, 0.25) is 0 Å². The molecule has 0 aromatic heterocycles. The van der Waals surface area contributed by atoms with Crippen molar-refractivity contribution in [2.24, 2.45) is 10.2 Å². The third-order valence-electron chi connectivity index (χ3n) is 3.25. The lowest BCUT2D eigenvalue weighted by molar-refractivity contribution is -0.447. The Morgan fingerprint density at radius 3 is 2.52 bits per heavy atom. The van der Waals surface area contributed by atoms with Crippen LogP contribution in [0, 0.1) is 6.92 Å². The van der Waals surface area contributed by atoms with Crippen molar-refractivity contribution in [3.05, 3.63) is 23.8 Å². The number of phenolic OH excluding ortho intramolecular Hbond substituents is 1. The molecule has 0 fully saturated rings. The van der Waals surface area contributed by atoms with Crippen LogP contribution >= 0.6 is 12.0 Å². The zero-order chi connectivity index (χ0) is 18.6. The molecule has 0 radical (unpaired) electrons. The minimum Gasteiger partial charge on any atom is -0.505 e. The summed E-state index contributed by atoms with van der Waals surface area (Å²) < 4.78 is 33.2. The number of benzene rings is 2. The Kier molecular flexibility index (Phi) is 6.32. The second kappa shape index (κ2) is 8.08. The van der Waals surface area contributed by atoms with Crippen LogP contribution in [-0.4, -0.2) is 34.8 Å². The van der Waals surface area contributed by atoms with Crippen molar-refractivity contribution in [1.82, 2.24) is 0 Å². The molecule has 2 rings (SSSR count). The number of hydrogen-bond donors (Lipinski definition) is 1. The van der Waals surface area contributed by atoms with Crippen molar-refractivity contribution >= 4 is 38.6 Å². The summed E-state index contributed by atoms with van der Waals surface area (Å²) in [6.45, 7) is 1.67. The molecule has 0 unspecified atom stereocenters. The van der Waals surface area contributed by atoms with Crippen molar-refractivity contribution in [2.45, 2.75) is 16.7 Å². The molecule has 0 bridgehead atoms. The number of rotatable bonds is 7. The van der Waals surface area contributed by atoms with Crippen LogP contribution in [0.25, 0.3) is 10.8 Å². The molecular formula is C14H16N2O7S2. The van der Waals surface area contributed by atoms with E-state index >= 15 is 0 Å². The first-order chi connectivity index (χ1) is 11.9. The highest BCUT2D eigenvalue weighted by atomic mass is 32.2. The first-order valence-corrected chi connectivity index (χ1v) is 8.95. The second-order valence-electron chi connectivity index (χ2n) is 4.72. The monoisotopic (exact) mass is 388 g/mol. The zero-order valence-electron chi connectivity index (χ0n) is 13.8. The summed E-state index contributed by atoms with van der Waals surface area (Å²) in [5, 5.41) is 23.4. The summed E-state index contributed by atoms with van der Waals surface area (Å²) in [5.41, 5.74) is 0.689. The van der Waals surface area contributed by atoms with Gasteiger partial charge in [-0.15, -0.1) is 4.33 Å². The third-order valence-corrected chi connectivity index (χ3v) is 5.11. The van der Waals surface area contributed by atoms with E-state index in [2.05, 4.69) is 24.3 Å². The highest BCUT2D eigenvalue weighted by Gasteiger charge is 2.20. The van der Waals surface area contributed by atoms with E-state index < -0.39 is 10.1 Å². The van der Waals surface area contributed by atoms with E-state index in [0.717, 1.165) is 19.2 Å². The molecule has 1 N–H and O–H groups in total. The summed E-state index contributed by atoms with van der Waals surface area (Å²) in [6.07, 6.45) is 0. The quantitative estimate of drug-likeness (QED) is 0.191. The minimum absolute atomic E-state index is 0.0331. The molecule has 0 aliphatic heterocycles. The van der Waals surface area contributed by atoms with E-state index in [0.29, 0.717) is 21.2 Å². The van der Waals surface area contributed by atoms with Crippen LogP contribution in [0.2, 0.25) is 0 Å². The smallest absolute Gasteiger partial charge is 0.296 e. The Balaban J connectivity index is 2.73. The van der Waals surface area contributed by atoms with Crippen LogP contribution in [0.3, 0.4) is 0 Å². The minimum atomic E-state index is -3.89. The maximum absolute atomic E-state index is 12.0. The summed E-state index contributed by atoms with van der Waals surface area (Å²) in [7, 11) is -0.0974. The van der Waals surface area contributed by atoms with Gasteiger partial charge in [-0.1, -0.05) is 5.04 Å². The van der Waals surface area contributed by atoms with Gasteiger partial charge >= 0.3 is 0 Å². The Bertz CT molecular complexity index is 913. The fraction of sp³-hybridized carbons (Fsp3) is 0.286. The van der Waals surface area contributed by atoms with Gasteiger partial charge in [0, 0.05) is 12.4 Å². The van der Waals surface area contributed by atoms with Crippen LogP contribution in [0.4, 0.5) is 5.69 Å². The molecule has 0 aliphatic carbocycles. The van der Waals surface area contributed by atoms with Gasteiger partial charge in [-0.3, -0.25) is 4.18 Å². The third kappa shape index (κ3) is 4.08. The molecule has 11 heteroatoms. The normalized spacial score (nSPS) is 12.3. The van der Waals surface area contributed by atoms with Gasteiger partial charge in [0.1, 0.15) is 5.69 Å². The summed E-state index contributed by atoms with van der Waals surface area (Å²) in [6, 6.07) is 4.38. The highest BCUT2D eigenvalue weighted by molar-refractivity contribution is 7.94. The average Bonchev–Trinajstić information content (AvgIpc) is 2.57. The summed E-state index contributed by atoms with van der Waals surface area (Å²) >= 11 is 0.724. The molecular weight excluding hydrogens is 372 g/mol. The van der Waals surface area contributed by atoms with Gasteiger partial charge in [-0.2, -0.15) is 18.6 Å². The first-order valence-electron chi connectivity index (χ1n) is 6.80. The molecule has 0 saturated heterocycles. The Labute approximate surface area is 148 Å². The van der Waals surface area contributed by atoms with Crippen molar-refractivity contribution in [3.63, 3.8) is 0 Å². The molecule has 0 spiro atoms. The number of azo groups is 1. The maximum Gasteiger partial charge on any atom is 0.296 e. The SMILES string of the molecule is CN=Nc1c(SOOOC)cc2cc(S(=O)(=O)OC)cc(C)c2c1O. The van der Waals surface area contributed by atoms with E-state index in [1.54, 1.807) is 13.0 Å². The van der Waals surface area contributed by atoms with Crippen molar-refractivity contribution in [3.8, 4) is 5.75 Å². The maximum atomic E-state index is 12.0. The van der Waals surface area contributed by atoms with Gasteiger partial charge in [-0.25, -0.2) is 4.89 Å². The molecule has 0 aliphatic rings. The van der Waals surface area contributed by atoms with E-state index in [-0.39, 0.29) is 16.3 Å². The number of fused-ring (bicyclic) bond motifs is 1. The van der Waals surface area contributed by atoms with Gasteiger partial charge in [0.05, 0.1) is 36.1 Å². The van der Waals surface area contributed by atoms with Gasteiger partial charge < -0.3 is 5.11 Å². The Hall–Kier alpha value is -1.76. The number of aryl methyl sites for hydroxylation is 1. The number of phenols is 1. The molecule has 9 nitrogen and oxygen atoms in total. The van der Waals surface area contributed by atoms with Gasteiger partial charge in [0.15, 0.2) is 5.75 Å². The largest absolute Gasteiger partial charge is 0.505 e. The van der Waals surface area contributed by atoms with Crippen LogP contribution in [0.5, 0.6) is 5.75 Å².